The molecule has 0 spiro atoms. The minimum atomic E-state index is -0.239. The average Bonchev–Trinajstić information content (AvgIpc) is 2.63. The van der Waals surface area contributed by atoms with Gasteiger partial charge in [0.25, 0.3) is 0 Å². The lowest BCUT2D eigenvalue weighted by atomic mass is 10.0. The SMILES string of the molecule is NC(c1ccccc1)N1CCC(OC(=O)c2ccccc2)CC1. The smallest absolute Gasteiger partial charge is 0.338 e. The first-order chi connectivity index (χ1) is 11.2. The van der Waals surface area contributed by atoms with Crippen molar-refractivity contribution in [3.63, 3.8) is 0 Å². The minimum absolute atomic E-state index is 0.0260. The fraction of sp³-hybridized carbons (Fsp3) is 0.316. The normalized spacial score (nSPS) is 17.6. The molecule has 120 valence electrons. The second-order valence-corrected chi connectivity index (χ2v) is 5.86. The number of benzene rings is 2. The van der Waals surface area contributed by atoms with E-state index in [0.29, 0.717) is 5.56 Å². The summed E-state index contributed by atoms with van der Waals surface area (Å²) < 4.78 is 5.60. The van der Waals surface area contributed by atoms with Crippen LogP contribution in [0.4, 0.5) is 0 Å². The molecule has 0 saturated carbocycles. The average molecular weight is 310 g/mol. The van der Waals surface area contributed by atoms with Gasteiger partial charge in [-0.15, -0.1) is 0 Å². The third-order valence-corrected chi connectivity index (χ3v) is 4.29. The Balaban J connectivity index is 1.52. The zero-order chi connectivity index (χ0) is 16.1. The number of nitrogens with zero attached hydrogens (tertiary/aromatic N) is 1. The Hall–Kier alpha value is -2.17. The predicted molar refractivity (Wildman–Crippen MR) is 89.8 cm³/mol. The molecule has 0 bridgehead atoms. The van der Waals surface area contributed by atoms with E-state index in [2.05, 4.69) is 4.90 Å². The maximum absolute atomic E-state index is 12.1. The van der Waals surface area contributed by atoms with Gasteiger partial charge >= 0.3 is 5.97 Å². The molecule has 0 radical (unpaired) electrons. The second-order valence-electron chi connectivity index (χ2n) is 5.86. The van der Waals surface area contributed by atoms with Crippen LogP contribution in [0.25, 0.3) is 0 Å². The number of carbonyl (C=O) groups excluding carboxylic acids is 1. The zero-order valence-electron chi connectivity index (χ0n) is 13.1. The van der Waals surface area contributed by atoms with Crippen LogP contribution >= 0.6 is 0 Å². The van der Waals surface area contributed by atoms with E-state index >= 15 is 0 Å². The Morgan fingerprint density at radius 1 is 1.00 bits per heavy atom. The van der Waals surface area contributed by atoms with Crippen LogP contribution in [0.3, 0.4) is 0 Å². The summed E-state index contributed by atoms with van der Waals surface area (Å²) in [5.41, 5.74) is 8.05. The highest BCUT2D eigenvalue weighted by atomic mass is 16.5. The molecular formula is C19H22N2O2. The number of carbonyl (C=O) groups is 1. The van der Waals surface area contributed by atoms with Crippen molar-refractivity contribution in [2.45, 2.75) is 25.1 Å². The van der Waals surface area contributed by atoms with E-state index in [4.69, 9.17) is 10.5 Å². The summed E-state index contributed by atoms with van der Waals surface area (Å²) in [6.07, 6.45) is 1.52. The van der Waals surface area contributed by atoms with Crippen molar-refractivity contribution in [1.82, 2.24) is 4.90 Å². The summed E-state index contributed by atoms with van der Waals surface area (Å²) in [5.74, 6) is -0.239. The summed E-state index contributed by atoms with van der Waals surface area (Å²) in [6, 6.07) is 19.2. The molecule has 1 fully saturated rings. The molecule has 1 aliphatic rings. The van der Waals surface area contributed by atoms with Crippen LogP contribution in [0.5, 0.6) is 0 Å². The number of ether oxygens (including phenoxy) is 1. The Morgan fingerprint density at radius 3 is 2.17 bits per heavy atom. The molecule has 0 amide bonds. The molecule has 2 aromatic rings. The maximum Gasteiger partial charge on any atom is 0.338 e. The van der Waals surface area contributed by atoms with Gasteiger partial charge in [-0.25, -0.2) is 4.79 Å². The van der Waals surface area contributed by atoms with Gasteiger partial charge in [0.2, 0.25) is 0 Å². The standard InChI is InChI=1S/C19H22N2O2/c20-18(15-7-3-1-4-8-15)21-13-11-17(12-14-21)23-19(22)16-9-5-2-6-10-16/h1-10,17-18H,11-14,20H2. The highest BCUT2D eigenvalue weighted by Crippen LogP contribution is 2.22. The molecule has 2 N–H and O–H groups in total. The topological polar surface area (TPSA) is 55.6 Å². The van der Waals surface area contributed by atoms with E-state index < -0.39 is 0 Å². The second kappa shape index (κ2) is 7.40. The van der Waals surface area contributed by atoms with E-state index in [-0.39, 0.29) is 18.2 Å². The quantitative estimate of drug-likeness (QED) is 0.882. The molecule has 3 rings (SSSR count). The van der Waals surface area contributed by atoms with E-state index in [1.165, 1.54) is 0 Å². The number of hydrogen-bond acceptors (Lipinski definition) is 4. The molecule has 4 nitrogen and oxygen atoms in total. The summed E-state index contributed by atoms with van der Waals surface area (Å²) >= 11 is 0. The third kappa shape index (κ3) is 3.97. The Morgan fingerprint density at radius 2 is 1.57 bits per heavy atom. The number of hydrogen-bond donors (Lipinski definition) is 1. The first-order valence-electron chi connectivity index (χ1n) is 8.04. The summed E-state index contributed by atoms with van der Waals surface area (Å²) in [5, 5.41) is 0. The van der Waals surface area contributed by atoms with Gasteiger partial charge in [0, 0.05) is 13.1 Å². The van der Waals surface area contributed by atoms with E-state index in [1.807, 2.05) is 48.5 Å². The van der Waals surface area contributed by atoms with Crippen LogP contribution in [-0.2, 0) is 4.74 Å². The lowest BCUT2D eigenvalue weighted by Gasteiger charge is -2.35. The molecular weight excluding hydrogens is 288 g/mol. The number of likely N-dealkylation sites (tertiary alicyclic amines) is 1. The van der Waals surface area contributed by atoms with Crippen LogP contribution in [0, 0.1) is 0 Å². The van der Waals surface area contributed by atoms with E-state index in [1.54, 1.807) is 12.1 Å². The van der Waals surface area contributed by atoms with Crippen molar-refractivity contribution in [3.05, 3.63) is 71.8 Å². The van der Waals surface area contributed by atoms with Crippen molar-refractivity contribution >= 4 is 5.97 Å². The van der Waals surface area contributed by atoms with Crippen LogP contribution in [0.15, 0.2) is 60.7 Å². The lowest BCUT2D eigenvalue weighted by Crippen LogP contribution is -2.43. The Kier molecular flexibility index (Phi) is 5.05. The molecule has 1 aliphatic heterocycles. The molecule has 0 aromatic heterocycles. The monoisotopic (exact) mass is 310 g/mol. The Labute approximate surface area is 136 Å². The van der Waals surface area contributed by atoms with Gasteiger partial charge in [-0.05, 0) is 30.5 Å². The van der Waals surface area contributed by atoms with Crippen LogP contribution < -0.4 is 5.73 Å². The maximum atomic E-state index is 12.1. The summed E-state index contributed by atoms with van der Waals surface area (Å²) in [6.45, 7) is 1.67. The van der Waals surface area contributed by atoms with Crippen molar-refractivity contribution in [3.8, 4) is 0 Å². The molecule has 0 aliphatic carbocycles. The summed E-state index contributed by atoms with van der Waals surface area (Å²) in [7, 11) is 0. The molecule has 4 heteroatoms. The van der Waals surface area contributed by atoms with Gasteiger partial charge in [0.1, 0.15) is 6.10 Å². The van der Waals surface area contributed by atoms with Gasteiger partial charge < -0.3 is 10.5 Å². The van der Waals surface area contributed by atoms with Crippen LogP contribution in [-0.4, -0.2) is 30.1 Å². The molecule has 1 unspecified atom stereocenters. The van der Waals surface area contributed by atoms with Crippen molar-refractivity contribution < 1.29 is 9.53 Å². The van der Waals surface area contributed by atoms with Gasteiger partial charge in [0.15, 0.2) is 0 Å². The molecule has 1 saturated heterocycles. The minimum Gasteiger partial charge on any atom is -0.459 e. The van der Waals surface area contributed by atoms with Gasteiger partial charge in [-0.2, -0.15) is 0 Å². The fourth-order valence-electron chi connectivity index (χ4n) is 2.93. The fourth-order valence-corrected chi connectivity index (χ4v) is 2.93. The number of piperidine rings is 1. The lowest BCUT2D eigenvalue weighted by molar-refractivity contribution is 0.00594. The first-order valence-corrected chi connectivity index (χ1v) is 8.04. The highest BCUT2D eigenvalue weighted by Gasteiger charge is 2.26. The van der Waals surface area contributed by atoms with Gasteiger partial charge in [-0.3, -0.25) is 4.90 Å². The molecule has 2 aromatic carbocycles. The van der Waals surface area contributed by atoms with Crippen LogP contribution in [0.1, 0.15) is 34.9 Å². The molecule has 1 heterocycles. The van der Waals surface area contributed by atoms with Gasteiger partial charge in [-0.1, -0.05) is 48.5 Å². The summed E-state index contributed by atoms with van der Waals surface area (Å²) in [4.78, 5) is 14.3. The number of esters is 1. The Bertz CT molecular complexity index is 622. The zero-order valence-corrected chi connectivity index (χ0v) is 13.1. The third-order valence-electron chi connectivity index (χ3n) is 4.29. The van der Waals surface area contributed by atoms with Crippen molar-refractivity contribution in [1.29, 1.82) is 0 Å². The largest absolute Gasteiger partial charge is 0.459 e. The van der Waals surface area contributed by atoms with Crippen LogP contribution in [0.2, 0.25) is 0 Å². The van der Waals surface area contributed by atoms with Crippen molar-refractivity contribution in [2.75, 3.05) is 13.1 Å². The number of rotatable bonds is 4. The van der Waals surface area contributed by atoms with Gasteiger partial charge in [0.05, 0.1) is 11.7 Å². The number of nitrogens with two attached hydrogens (primary N) is 1. The highest BCUT2D eigenvalue weighted by molar-refractivity contribution is 5.89. The predicted octanol–water partition coefficient (Wildman–Crippen LogP) is 2.97. The first kappa shape index (κ1) is 15.7. The van der Waals surface area contributed by atoms with E-state index in [9.17, 15) is 4.79 Å². The molecule has 1 atom stereocenters. The van der Waals surface area contributed by atoms with Crippen molar-refractivity contribution in [2.24, 2.45) is 5.73 Å². The molecule has 23 heavy (non-hydrogen) atoms. The van der Waals surface area contributed by atoms with E-state index in [0.717, 1.165) is 31.5 Å².